The summed E-state index contributed by atoms with van der Waals surface area (Å²) in [6, 6.07) is 0. The molecule has 0 aromatic carbocycles. The van der Waals surface area contributed by atoms with Crippen molar-refractivity contribution in [3.8, 4) is 0 Å². The van der Waals surface area contributed by atoms with E-state index in [1.54, 1.807) is 20.8 Å². The van der Waals surface area contributed by atoms with Gasteiger partial charge in [0.2, 0.25) is 0 Å². The van der Waals surface area contributed by atoms with Gasteiger partial charge in [-0.1, -0.05) is 6.92 Å². The Kier molecular flexibility index (Phi) is 7.52. The van der Waals surface area contributed by atoms with Gasteiger partial charge < -0.3 is 15.3 Å². The number of rotatable bonds is 3. The largest absolute Gasteiger partial charge is 0.481 e. The Balaban J connectivity index is 0. The maximum atomic E-state index is 10.5. The molecule has 0 aliphatic heterocycles. The van der Waals surface area contributed by atoms with Gasteiger partial charge in [-0.2, -0.15) is 0 Å². The molecule has 0 aliphatic rings. The van der Waals surface area contributed by atoms with Crippen molar-refractivity contribution in [1.82, 2.24) is 0 Å². The van der Waals surface area contributed by atoms with Gasteiger partial charge in [-0.05, 0) is 40.8 Å². The first-order valence-corrected chi connectivity index (χ1v) is 5.78. The van der Waals surface area contributed by atoms with Gasteiger partial charge in [0.15, 0.2) is 0 Å². The molecule has 106 valence electrons. The zero-order valence-electron chi connectivity index (χ0n) is 12.3. The lowest BCUT2D eigenvalue weighted by Gasteiger charge is -2.22. The van der Waals surface area contributed by atoms with Crippen LogP contribution in [-0.2, 0) is 14.3 Å². The van der Waals surface area contributed by atoms with E-state index in [0.717, 1.165) is 6.21 Å². The van der Waals surface area contributed by atoms with E-state index in [2.05, 4.69) is 0 Å². The van der Waals surface area contributed by atoms with Crippen molar-refractivity contribution in [1.29, 1.82) is 5.41 Å². The fourth-order valence-electron chi connectivity index (χ4n) is 0.834. The highest BCUT2D eigenvalue weighted by Crippen LogP contribution is 2.24. The Morgan fingerprint density at radius 3 is 1.67 bits per heavy atom. The third-order valence-corrected chi connectivity index (χ3v) is 2.39. The topological polar surface area (TPSA) is 87.5 Å². The smallest absolute Gasteiger partial charge is 0.309 e. The molecule has 0 aromatic rings. The minimum atomic E-state index is -0.858. The summed E-state index contributed by atoms with van der Waals surface area (Å²) < 4.78 is 4.80. The van der Waals surface area contributed by atoms with Crippen LogP contribution in [0.3, 0.4) is 0 Å². The SMILES string of the molecule is CC(=O)OC(C)(C)C.CC(C=N)C(C)(C)C(=O)O. The molecule has 5 nitrogen and oxygen atoms in total. The molecule has 1 unspecified atom stereocenters. The number of carboxylic acids is 1. The van der Waals surface area contributed by atoms with Crippen LogP contribution in [0.1, 0.15) is 48.5 Å². The molecule has 0 bridgehead atoms. The second-order valence-corrected chi connectivity index (χ2v) is 5.69. The van der Waals surface area contributed by atoms with Crippen molar-refractivity contribution in [3.63, 3.8) is 0 Å². The fourth-order valence-corrected chi connectivity index (χ4v) is 0.834. The number of carboxylic acid groups (broad SMARTS) is 1. The first kappa shape index (κ1) is 19.0. The van der Waals surface area contributed by atoms with Crippen LogP contribution in [0.4, 0.5) is 0 Å². The summed E-state index contributed by atoms with van der Waals surface area (Å²) in [6.07, 6.45) is 1.16. The van der Waals surface area contributed by atoms with Crippen molar-refractivity contribution < 1.29 is 19.4 Å². The number of ether oxygens (including phenoxy) is 1. The zero-order valence-corrected chi connectivity index (χ0v) is 12.3. The van der Waals surface area contributed by atoms with Gasteiger partial charge in [-0.15, -0.1) is 0 Å². The number of aliphatic carboxylic acids is 1. The summed E-state index contributed by atoms with van der Waals surface area (Å²) in [5.74, 6) is -1.30. The van der Waals surface area contributed by atoms with Crippen molar-refractivity contribution in [2.24, 2.45) is 11.3 Å². The normalized spacial score (nSPS) is 12.8. The van der Waals surface area contributed by atoms with Crippen molar-refractivity contribution in [2.75, 3.05) is 0 Å². The molecule has 18 heavy (non-hydrogen) atoms. The molecule has 0 amide bonds. The lowest BCUT2D eigenvalue weighted by atomic mass is 9.81. The highest BCUT2D eigenvalue weighted by molar-refractivity contribution is 5.78. The molecule has 0 saturated carbocycles. The third kappa shape index (κ3) is 8.73. The van der Waals surface area contributed by atoms with Gasteiger partial charge in [0.05, 0.1) is 5.41 Å². The molecule has 0 aliphatic carbocycles. The third-order valence-electron chi connectivity index (χ3n) is 2.39. The number of carbonyl (C=O) groups is 2. The number of esters is 1. The van der Waals surface area contributed by atoms with Crippen molar-refractivity contribution >= 4 is 18.2 Å². The summed E-state index contributed by atoms with van der Waals surface area (Å²) in [4.78, 5) is 20.8. The number of carbonyl (C=O) groups excluding carboxylic acids is 1. The lowest BCUT2D eigenvalue weighted by Crippen LogP contribution is -2.31. The summed E-state index contributed by atoms with van der Waals surface area (Å²) >= 11 is 0. The highest BCUT2D eigenvalue weighted by Gasteiger charge is 2.32. The summed E-state index contributed by atoms with van der Waals surface area (Å²) in [5.41, 5.74) is -1.15. The fraction of sp³-hybridized carbons (Fsp3) is 0.769. The Hall–Kier alpha value is -1.39. The van der Waals surface area contributed by atoms with Gasteiger partial charge >= 0.3 is 11.9 Å². The molecule has 2 N–H and O–H groups in total. The van der Waals surface area contributed by atoms with Crippen LogP contribution in [0, 0.1) is 16.7 Å². The van der Waals surface area contributed by atoms with E-state index in [-0.39, 0.29) is 17.5 Å². The zero-order chi connectivity index (χ0) is 15.1. The maximum Gasteiger partial charge on any atom is 0.309 e. The van der Waals surface area contributed by atoms with Crippen LogP contribution in [-0.4, -0.2) is 28.9 Å². The molecular weight excluding hydrogens is 234 g/mol. The molecule has 0 saturated heterocycles. The highest BCUT2D eigenvalue weighted by atomic mass is 16.6. The summed E-state index contributed by atoms with van der Waals surface area (Å²) in [7, 11) is 0. The number of hydrogen-bond donors (Lipinski definition) is 2. The van der Waals surface area contributed by atoms with Crippen LogP contribution < -0.4 is 0 Å². The molecule has 0 spiro atoms. The van der Waals surface area contributed by atoms with Gasteiger partial charge in [0, 0.05) is 12.8 Å². The second-order valence-electron chi connectivity index (χ2n) is 5.69. The van der Waals surface area contributed by atoms with Crippen LogP contribution in [0.15, 0.2) is 0 Å². The van der Waals surface area contributed by atoms with Crippen molar-refractivity contribution in [3.05, 3.63) is 0 Å². The molecule has 0 aromatic heterocycles. The van der Waals surface area contributed by atoms with Gasteiger partial charge in [0.25, 0.3) is 0 Å². The van der Waals surface area contributed by atoms with Gasteiger partial charge in [-0.3, -0.25) is 9.59 Å². The molecular formula is C13H25NO4. The summed E-state index contributed by atoms with van der Waals surface area (Å²) in [6.45, 7) is 11.9. The first-order valence-electron chi connectivity index (χ1n) is 5.78. The molecule has 0 fully saturated rings. The standard InChI is InChI=1S/C7H13NO2.C6H12O2/c1-5(4-8)7(2,3)6(9)10;1-5(7)8-6(2,3)4/h4-5,8H,1-3H3,(H,9,10);1-4H3. The van der Waals surface area contributed by atoms with E-state index in [0.29, 0.717) is 0 Å². The number of hydrogen-bond acceptors (Lipinski definition) is 4. The monoisotopic (exact) mass is 259 g/mol. The average molecular weight is 259 g/mol. The van der Waals surface area contributed by atoms with Gasteiger partial charge in [0.1, 0.15) is 5.60 Å². The number of nitrogens with one attached hydrogen (secondary N) is 1. The molecule has 5 heteroatoms. The molecule has 0 radical (unpaired) electrons. The van der Waals surface area contributed by atoms with Crippen molar-refractivity contribution in [2.45, 2.75) is 54.1 Å². The Labute approximate surface area is 109 Å². The average Bonchev–Trinajstić information content (AvgIpc) is 2.13. The van der Waals surface area contributed by atoms with E-state index >= 15 is 0 Å². The van der Waals surface area contributed by atoms with Crippen LogP contribution in [0.5, 0.6) is 0 Å². The van der Waals surface area contributed by atoms with E-state index in [4.69, 9.17) is 15.3 Å². The Morgan fingerprint density at radius 2 is 1.61 bits per heavy atom. The second kappa shape index (κ2) is 7.13. The van der Waals surface area contributed by atoms with E-state index in [1.165, 1.54) is 6.92 Å². The predicted molar refractivity (Wildman–Crippen MR) is 70.9 cm³/mol. The molecule has 0 heterocycles. The first-order chi connectivity index (χ1) is 7.84. The minimum absolute atomic E-state index is 0.218. The quantitative estimate of drug-likeness (QED) is 0.602. The van der Waals surface area contributed by atoms with E-state index in [1.807, 2.05) is 20.8 Å². The van der Waals surface area contributed by atoms with Crippen LogP contribution >= 0.6 is 0 Å². The molecule has 0 rings (SSSR count). The Bertz CT molecular complexity index is 303. The summed E-state index contributed by atoms with van der Waals surface area (Å²) in [5, 5.41) is 15.5. The van der Waals surface area contributed by atoms with Gasteiger partial charge in [-0.25, -0.2) is 0 Å². The van der Waals surface area contributed by atoms with Crippen LogP contribution in [0.25, 0.3) is 0 Å². The molecule has 1 atom stereocenters. The lowest BCUT2D eigenvalue weighted by molar-refractivity contribution is -0.152. The van der Waals surface area contributed by atoms with E-state index in [9.17, 15) is 9.59 Å². The maximum absolute atomic E-state index is 10.5. The predicted octanol–water partition coefficient (Wildman–Crippen LogP) is 2.73. The Morgan fingerprint density at radius 1 is 1.22 bits per heavy atom. The minimum Gasteiger partial charge on any atom is -0.481 e. The van der Waals surface area contributed by atoms with Crippen LogP contribution in [0.2, 0.25) is 0 Å². The van der Waals surface area contributed by atoms with E-state index < -0.39 is 11.4 Å².